The first kappa shape index (κ1) is 12.8. The van der Waals surface area contributed by atoms with Gasteiger partial charge in [0.25, 0.3) is 0 Å². The van der Waals surface area contributed by atoms with Crippen molar-refractivity contribution in [3.8, 4) is 10.6 Å². The second-order valence-corrected chi connectivity index (χ2v) is 6.52. The molecule has 1 fully saturated rings. The van der Waals surface area contributed by atoms with Crippen LogP contribution in [0, 0.1) is 6.92 Å². The van der Waals surface area contributed by atoms with Crippen LogP contribution in [-0.2, 0) is 0 Å². The average molecular weight is 295 g/mol. The first-order chi connectivity index (χ1) is 10.3. The van der Waals surface area contributed by atoms with Crippen LogP contribution in [0.3, 0.4) is 0 Å². The normalized spacial score (nSPS) is 15.0. The molecule has 0 N–H and O–H groups in total. The van der Waals surface area contributed by atoms with E-state index < -0.39 is 0 Å². The Hall–Kier alpha value is -1.94. The van der Waals surface area contributed by atoms with E-state index in [4.69, 9.17) is 4.98 Å². The molecule has 3 nitrogen and oxygen atoms in total. The molecular formula is C17H17N3S. The molecule has 0 saturated carbocycles. The Labute approximate surface area is 128 Å². The highest BCUT2D eigenvalue weighted by Crippen LogP contribution is 2.32. The van der Waals surface area contributed by atoms with E-state index in [-0.39, 0.29) is 0 Å². The molecule has 0 aliphatic carbocycles. The molecule has 4 rings (SSSR count). The summed E-state index contributed by atoms with van der Waals surface area (Å²) < 4.78 is 0. The number of aryl methyl sites for hydroxylation is 1. The molecule has 3 heterocycles. The summed E-state index contributed by atoms with van der Waals surface area (Å²) in [6, 6.07) is 10.7. The Morgan fingerprint density at radius 3 is 2.76 bits per heavy atom. The van der Waals surface area contributed by atoms with Crippen molar-refractivity contribution in [3.63, 3.8) is 0 Å². The largest absolute Gasteiger partial charge is 0.371 e. The third-order valence-electron chi connectivity index (χ3n) is 4.06. The number of hydrogen-bond acceptors (Lipinski definition) is 4. The lowest BCUT2D eigenvalue weighted by atomic mass is 10.1. The van der Waals surface area contributed by atoms with E-state index in [0.717, 1.165) is 15.4 Å². The summed E-state index contributed by atoms with van der Waals surface area (Å²) in [5.74, 6) is 0. The van der Waals surface area contributed by atoms with Crippen LogP contribution < -0.4 is 4.90 Å². The van der Waals surface area contributed by atoms with Gasteiger partial charge in [-0.2, -0.15) is 0 Å². The van der Waals surface area contributed by atoms with E-state index in [1.807, 2.05) is 18.3 Å². The number of fused-ring (bicyclic) bond motifs is 1. The summed E-state index contributed by atoms with van der Waals surface area (Å²) in [5.41, 5.74) is 4.88. The van der Waals surface area contributed by atoms with Crippen molar-refractivity contribution in [3.05, 3.63) is 42.1 Å². The third kappa shape index (κ3) is 2.29. The minimum absolute atomic E-state index is 0.985. The predicted octanol–water partition coefficient (Wildman–Crippen LogP) is 4.27. The molecule has 21 heavy (non-hydrogen) atoms. The monoisotopic (exact) mass is 295 g/mol. The van der Waals surface area contributed by atoms with Crippen LogP contribution in [0.5, 0.6) is 0 Å². The fourth-order valence-corrected chi connectivity index (χ4v) is 3.90. The third-order valence-corrected chi connectivity index (χ3v) is 5.09. The first-order valence-electron chi connectivity index (χ1n) is 7.39. The maximum absolute atomic E-state index is 4.69. The fraction of sp³-hybridized carbons (Fsp3) is 0.294. The van der Waals surface area contributed by atoms with Gasteiger partial charge in [0, 0.05) is 30.5 Å². The summed E-state index contributed by atoms with van der Waals surface area (Å²) in [4.78, 5) is 12.6. The standard InChI is InChI=1S/C17H17N3S/c1-12-11-13(6-7-15(12)20-9-2-3-10-20)16-19-14-5-4-8-18-17(14)21-16/h4-8,11H,2-3,9-10H2,1H3. The quantitative estimate of drug-likeness (QED) is 0.707. The maximum atomic E-state index is 4.69. The van der Waals surface area contributed by atoms with Crippen LogP contribution in [0.4, 0.5) is 5.69 Å². The predicted molar refractivity (Wildman–Crippen MR) is 89.0 cm³/mol. The number of benzene rings is 1. The zero-order chi connectivity index (χ0) is 14.2. The molecule has 0 unspecified atom stereocenters. The number of aromatic nitrogens is 2. The van der Waals surface area contributed by atoms with Crippen molar-refractivity contribution in [2.75, 3.05) is 18.0 Å². The number of pyridine rings is 1. The van der Waals surface area contributed by atoms with Gasteiger partial charge in [0.2, 0.25) is 0 Å². The molecule has 0 atom stereocenters. The second-order valence-electron chi connectivity index (χ2n) is 5.54. The lowest BCUT2D eigenvalue weighted by Crippen LogP contribution is -2.18. The summed E-state index contributed by atoms with van der Waals surface area (Å²) in [6.45, 7) is 4.57. The number of rotatable bonds is 2. The summed E-state index contributed by atoms with van der Waals surface area (Å²) >= 11 is 1.66. The number of nitrogens with zero attached hydrogens (tertiary/aromatic N) is 3. The Morgan fingerprint density at radius 1 is 1.14 bits per heavy atom. The van der Waals surface area contributed by atoms with Gasteiger partial charge < -0.3 is 4.90 Å². The highest BCUT2D eigenvalue weighted by atomic mass is 32.1. The molecule has 1 saturated heterocycles. The molecule has 2 aromatic heterocycles. The van der Waals surface area contributed by atoms with Crippen molar-refractivity contribution in [1.29, 1.82) is 0 Å². The average Bonchev–Trinajstić information content (AvgIpc) is 3.16. The van der Waals surface area contributed by atoms with Gasteiger partial charge in [-0.1, -0.05) is 11.3 Å². The van der Waals surface area contributed by atoms with Gasteiger partial charge in [-0.3, -0.25) is 0 Å². The van der Waals surface area contributed by atoms with Crippen molar-refractivity contribution < 1.29 is 0 Å². The Balaban J connectivity index is 1.73. The molecular weight excluding hydrogens is 278 g/mol. The topological polar surface area (TPSA) is 29.0 Å². The summed E-state index contributed by atoms with van der Waals surface area (Å²) in [5, 5.41) is 1.06. The molecule has 106 valence electrons. The van der Waals surface area contributed by atoms with E-state index in [1.165, 1.54) is 42.7 Å². The molecule has 0 spiro atoms. The van der Waals surface area contributed by atoms with Crippen LogP contribution >= 0.6 is 11.3 Å². The van der Waals surface area contributed by atoms with Gasteiger partial charge in [0.05, 0.1) is 0 Å². The Bertz CT molecular complexity index is 755. The zero-order valence-electron chi connectivity index (χ0n) is 12.0. The molecule has 0 amide bonds. The van der Waals surface area contributed by atoms with Crippen molar-refractivity contribution in [2.24, 2.45) is 0 Å². The summed E-state index contributed by atoms with van der Waals surface area (Å²) in [7, 11) is 0. The van der Waals surface area contributed by atoms with Gasteiger partial charge in [-0.05, 0) is 55.7 Å². The van der Waals surface area contributed by atoms with Crippen LogP contribution in [-0.4, -0.2) is 23.1 Å². The van der Waals surface area contributed by atoms with Crippen molar-refractivity contribution in [2.45, 2.75) is 19.8 Å². The number of thiazole rings is 1. The molecule has 0 radical (unpaired) electrons. The minimum Gasteiger partial charge on any atom is -0.371 e. The van der Waals surface area contributed by atoms with E-state index in [0.29, 0.717) is 0 Å². The Kier molecular flexibility index (Phi) is 3.11. The minimum atomic E-state index is 0.985. The van der Waals surface area contributed by atoms with E-state index in [9.17, 15) is 0 Å². The van der Waals surface area contributed by atoms with E-state index >= 15 is 0 Å². The van der Waals surface area contributed by atoms with E-state index in [2.05, 4.69) is 35.0 Å². The van der Waals surface area contributed by atoms with Crippen LogP contribution in [0.2, 0.25) is 0 Å². The molecule has 4 heteroatoms. The van der Waals surface area contributed by atoms with Crippen LogP contribution in [0.25, 0.3) is 20.9 Å². The van der Waals surface area contributed by atoms with Gasteiger partial charge >= 0.3 is 0 Å². The van der Waals surface area contributed by atoms with Crippen LogP contribution in [0.1, 0.15) is 18.4 Å². The summed E-state index contributed by atoms with van der Waals surface area (Å²) in [6.07, 6.45) is 4.45. The maximum Gasteiger partial charge on any atom is 0.143 e. The SMILES string of the molecule is Cc1cc(-c2nc3cccnc3s2)ccc1N1CCCC1. The molecule has 1 aromatic carbocycles. The second kappa shape index (κ2) is 5.11. The lowest BCUT2D eigenvalue weighted by molar-refractivity contribution is 0.949. The molecule has 1 aliphatic rings. The van der Waals surface area contributed by atoms with Gasteiger partial charge in [-0.25, -0.2) is 9.97 Å². The molecule has 0 bridgehead atoms. The van der Waals surface area contributed by atoms with Gasteiger partial charge in [-0.15, -0.1) is 0 Å². The first-order valence-corrected chi connectivity index (χ1v) is 8.20. The number of anilines is 1. The fourth-order valence-electron chi connectivity index (χ4n) is 2.99. The van der Waals surface area contributed by atoms with Crippen molar-refractivity contribution >= 4 is 27.4 Å². The van der Waals surface area contributed by atoms with E-state index in [1.54, 1.807) is 11.3 Å². The lowest BCUT2D eigenvalue weighted by Gasteiger charge is -2.20. The number of hydrogen-bond donors (Lipinski definition) is 0. The van der Waals surface area contributed by atoms with Crippen molar-refractivity contribution in [1.82, 2.24) is 9.97 Å². The van der Waals surface area contributed by atoms with Gasteiger partial charge in [0.15, 0.2) is 0 Å². The molecule has 3 aromatic rings. The highest BCUT2D eigenvalue weighted by Gasteiger charge is 2.15. The Morgan fingerprint density at radius 2 is 2.00 bits per heavy atom. The van der Waals surface area contributed by atoms with Crippen LogP contribution in [0.15, 0.2) is 36.5 Å². The zero-order valence-corrected chi connectivity index (χ0v) is 12.9. The molecule has 1 aliphatic heterocycles. The highest BCUT2D eigenvalue weighted by molar-refractivity contribution is 7.21. The van der Waals surface area contributed by atoms with Gasteiger partial charge in [0.1, 0.15) is 15.4 Å². The smallest absolute Gasteiger partial charge is 0.143 e.